The molecule has 0 aliphatic heterocycles. The van der Waals surface area contributed by atoms with E-state index in [-0.39, 0.29) is 5.91 Å². The minimum absolute atomic E-state index is 0.134. The van der Waals surface area contributed by atoms with E-state index in [9.17, 15) is 4.79 Å². The van der Waals surface area contributed by atoms with E-state index in [0.29, 0.717) is 5.75 Å². The minimum Gasteiger partial charge on any atom is -0.343 e. The summed E-state index contributed by atoms with van der Waals surface area (Å²) in [7, 11) is 0. The topological polar surface area (TPSA) is 50.5 Å². The van der Waals surface area contributed by atoms with Crippen molar-refractivity contribution < 1.29 is 4.79 Å². The van der Waals surface area contributed by atoms with Gasteiger partial charge in [0.05, 0.1) is 11.4 Å². The Morgan fingerprint density at radius 1 is 1.20 bits per heavy atom. The van der Waals surface area contributed by atoms with Crippen LogP contribution in [0.3, 0.4) is 0 Å². The van der Waals surface area contributed by atoms with E-state index in [1.54, 1.807) is 11.3 Å². The van der Waals surface area contributed by atoms with Gasteiger partial charge in [-0.05, 0) is 50.5 Å². The maximum Gasteiger partial charge on any atom is 0.233 e. The second-order valence-corrected chi connectivity index (χ2v) is 7.65. The number of hydrogen-bond acceptors (Lipinski definition) is 5. The number of amides is 1. The molecule has 0 saturated carbocycles. The molecule has 1 amide bonds. The number of carbonyl (C=O) groups is 1. The summed E-state index contributed by atoms with van der Waals surface area (Å²) in [6.45, 7) is 9.69. The van der Waals surface area contributed by atoms with Crippen molar-refractivity contribution in [2.75, 3.05) is 18.8 Å². The molecule has 0 fully saturated rings. The fourth-order valence-electron chi connectivity index (χ4n) is 2.69. The van der Waals surface area contributed by atoms with Gasteiger partial charge in [0, 0.05) is 18.5 Å². The van der Waals surface area contributed by atoms with Crippen molar-refractivity contribution in [1.82, 2.24) is 19.5 Å². The van der Waals surface area contributed by atoms with Crippen LogP contribution in [0.2, 0.25) is 0 Å². The fraction of sp³-hybridized carbons (Fsp3) is 0.389. The normalized spacial score (nSPS) is 11.2. The van der Waals surface area contributed by atoms with Gasteiger partial charge < -0.3 is 4.90 Å². The second kappa shape index (κ2) is 7.58. The van der Waals surface area contributed by atoms with Crippen molar-refractivity contribution in [3.63, 3.8) is 0 Å². The van der Waals surface area contributed by atoms with Crippen molar-refractivity contribution in [2.45, 2.75) is 32.9 Å². The van der Waals surface area contributed by atoms with Crippen LogP contribution in [0.5, 0.6) is 0 Å². The molecule has 0 aliphatic carbocycles. The summed E-state index contributed by atoms with van der Waals surface area (Å²) in [6.07, 6.45) is 0. The predicted molar refractivity (Wildman–Crippen MR) is 104 cm³/mol. The number of fused-ring (bicyclic) bond motifs is 1. The molecule has 7 heteroatoms. The highest BCUT2D eigenvalue weighted by Crippen LogP contribution is 2.30. The predicted octanol–water partition coefficient (Wildman–Crippen LogP) is 4.04. The zero-order chi connectivity index (χ0) is 18.0. The van der Waals surface area contributed by atoms with Gasteiger partial charge in [-0.25, -0.2) is 0 Å². The van der Waals surface area contributed by atoms with E-state index in [0.717, 1.165) is 34.5 Å². The molecule has 0 N–H and O–H groups in total. The van der Waals surface area contributed by atoms with Gasteiger partial charge >= 0.3 is 0 Å². The zero-order valence-corrected chi connectivity index (χ0v) is 16.6. The molecule has 0 radical (unpaired) electrons. The lowest BCUT2D eigenvalue weighted by atomic mass is 10.1. The third kappa shape index (κ3) is 3.57. The van der Waals surface area contributed by atoms with E-state index >= 15 is 0 Å². The highest BCUT2D eigenvalue weighted by atomic mass is 32.2. The van der Waals surface area contributed by atoms with Gasteiger partial charge in [-0.3, -0.25) is 9.20 Å². The van der Waals surface area contributed by atoms with Crippen LogP contribution >= 0.6 is 23.1 Å². The number of hydrogen-bond donors (Lipinski definition) is 0. The van der Waals surface area contributed by atoms with Crippen LogP contribution in [0, 0.1) is 13.8 Å². The van der Waals surface area contributed by atoms with Gasteiger partial charge in [0.2, 0.25) is 10.9 Å². The molecule has 0 bridgehead atoms. The molecule has 0 aliphatic rings. The first-order chi connectivity index (χ1) is 12.0. The number of aryl methyl sites for hydroxylation is 2. The summed E-state index contributed by atoms with van der Waals surface area (Å²) in [5.41, 5.74) is 4.76. The standard InChI is InChI=1S/C18H22N4OS2/c1-5-21(6-2)16(23)11-25-18-20-19-17-22(18)15(10-24-17)14-8-7-12(3)13(4)9-14/h7-10H,5-6,11H2,1-4H3. The number of thioether (sulfide) groups is 1. The quantitative estimate of drug-likeness (QED) is 0.611. The van der Waals surface area contributed by atoms with E-state index in [1.165, 1.54) is 22.9 Å². The Morgan fingerprint density at radius 2 is 1.96 bits per heavy atom. The molecule has 3 rings (SSSR count). The molecule has 2 heterocycles. The molecule has 3 aromatic rings. The Balaban J connectivity index is 1.89. The van der Waals surface area contributed by atoms with Gasteiger partial charge in [0.15, 0.2) is 5.16 Å². The molecule has 2 aromatic heterocycles. The van der Waals surface area contributed by atoms with Gasteiger partial charge in [-0.15, -0.1) is 21.5 Å². The fourth-order valence-corrected chi connectivity index (χ4v) is 4.43. The smallest absolute Gasteiger partial charge is 0.233 e. The van der Waals surface area contributed by atoms with Crippen molar-refractivity contribution in [3.05, 3.63) is 34.7 Å². The lowest BCUT2D eigenvalue weighted by molar-refractivity contribution is -0.127. The molecule has 1 aromatic carbocycles. The number of aromatic nitrogens is 3. The number of nitrogens with zero attached hydrogens (tertiary/aromatic N) is 4. The molecule has 0 saturated heterocycles. The number of rotatable bonds is 6. The van der Waals surface area contributed by atoms with Gasteiger partial charge in [0.1, 0.15) is 0 Å². The van der Waals surface area contributed by atoms with Crippen molar-refractivity contribution >= 4 is 34.0 Å². The lowest BCUT2D eigenvalue weighted by Gasteiger charge is -2.17. The average Bonchev–Trinajstić information content (AvgIpc) is 3.19. The highest BCUT2D eigenvalue weighted by molar-refractivity contribution is 7.99. The van der Waals surface area contributed by atoms with E-state index in [4.69, 9.17) is 0 Å². The maximum absolute atomic E-state index is 12.3. The molecular weight excluding hydrogens is 352 g/mol. The number of benzene rings is 1. The van der Waals surface area contributed by atoms with Crippen molar-refractivity contribution in [3.8, 4) is 11.3 Å². The molecular formula is C18H22N4OS2. The zero-order valence-electron chi connectivity index (χ0n) is 14.9. The Kier molecular flexibility index (Phi) is 5.44. The van der Waals surface area contributed by atoms with Crippen LogP contribution in [0.1, 0.15) is 25.0 Å². The Bertz CT molecular complexity index is 896. The summed E-state index contributed by atoms with van der Waals surface area (Å²) < 4.78 is 2.05. The van der Waals surface area contributed by atoms with Crippen molar-refractivity contribution in [2.24, 2.45) is 0 Å². The molecule has 5 nitrogen and oxygen atoms in total. The van der Waals surface area contributed by atoms with Crippen LogP contribution in [0.25, 0.3) is 16.2 Å². The second-order valence-electron chi connectivity index (χ2n) is 5.88. The summed E-state index contributed by atoms with van der Waals surface area (Å²) in [5, 5.41) is 11.4. The van der Waals surface area contributed by atoms with Gasteiger partial charge in [0.25, 0.3) is 0 Å². The minimum atomic E-state index is 0.134. The summed E-state index contributed by atoms with van der Waals surface area (Å²) in [5.74, 6) is 0.514. The van der Waals surface area contributed by atoms with E-state index in [1.807, 2.05) is 18.7 Å². The average molecular weight is 375 g/mol. The largest absolute Gasteiger partial charge is 0.343 e. The third-order valence-electron chi connectivity index (χ3n) is 4.36. The van der Waals surface area contributed by atoms with Crippen molar-refractivity contribution in [1.29, 1.82) is 0 Å². The summed E-state index contributed by atoms with van der Waals surface area (Å²) in [4.78, 5) is 15.0. The van der Waals surface area contributed by atoms with Gasteiger partial charge in [-0.1, -0.05) is 23.9 Å². The molecule has 132 valence electrons. The van der Waals surface area contributed by atoms with E-state index in [2.05, 4.69) is 52.0 Å². The summed E-state index contributed by atoms with van der Waals surface area (Å²) >= 11 is 3.02. The Labute approximate surface area is 156 Å². The molecule has 0 spiro atoms. The monoisotopic (exact) mass is 374 g/mol. The Hall–Kier alpha value is -1.86. The molecule has 0 atom stereocenters. The highest BCUT2D eigenvalue weighted by Gasteiger charge is 2.17. The van der Waals surface area contributed by atoms with Crippen LogP contribution in [0.4, 0.5) is 0 Å². The first-order valence-corrected chi connectivity index (χ1v) is 10.2. The first-order valence-electron chi connectivity index (χ1n) is 8.36. The van der Waals surface area contributed by atoms with Crippen LogP contribution in [-0.2, 0) is 4.79 Å². The maximum atomic E-state index is 12.3. The number of carbonyl (C=O) groups excluding carboxylic acids is 1. The SMILES string of the molecule is CCN(CC)C(=O)CSc1nnc2scc(-c3ccc(C)c(C)c3)n12. The lowest BCUT2D eigenvalue weighted by Crippen LogP contribution is -2.31. The van der Waals surface area contributed by atoms with Crippen LogP contribution in [-0.4, -0.2) is 44.2 Å². The van der Waals surface area contributed by atoms with Crippen LogP contribution < -0.4 is 0 Å². The molecule has 25 heavy (non-hydrogen) atoms. The Morgan fingerprint density at radius 3 is 2.64 bits per heavy atom. The third-order valence-corrected chi connectivity index (χ3v) is 6.09. The first kappa shape index (κ1) is 17.9. The van der Waals surface area contributed by atoms with Crippen LogP contribution in [0.15, 0.2) is 28.7 Å². The van der Waals surface area contributed by atoms with E-state index < -0.39 is 0 Å². The number of thiazole rings is 1. The summed E-state index contributed by atoms with van der Waals surface area (Å²) in [6, 6.07) is 6.45. The molecule has 0 unspecified atom stereocenters. The van der Waals surface area contributed by atoms with Gasteiger partial charge in [-0.2, -0.15) is 0 Å².